The highest BCUT2D eigenvalue weighted by Gasteiger charge is 2.11. The molecule has 2 rings (SSSR count). The second kappa shape index (κ2) is 4.82. The number of hydrogen-bond acceptors (Lipinski definition) is 1. The summed E-state index contributed by atoms with van der Waals surface area (Å²) >= 11 is 11.5. The Bertz CT molecular complexity index is 544. The number of nitrogens with one attached hydrogen (secondary N) is 2. The quantitative estimate of drug-likeness (QED) is 0.853. The second-order valence-electron chi connectivity index (χ2n) is 3.67. The van der Waals surface area contributed by atoms with Crippen LogP contribution in [0.1, 0.15) is 16.1 Å². The number of carbonyl (C=O) groups is 1. The summed E-state index contributed by atoms with van der Waals surface area (Å²) in [6.45, 7) is 1.96. The SMILES string of the molecule is Cc1cccc(NC(=O)c2cc(Cl)c(Cl)[nH]2)c1. The Hall–Kier alpha value is -1.45. The summed E-state index contributed by atoms with van der Waals surface area (Å²) in [7, 11) is 0. The van der Waals surface area contributed by atoms with Gasteiger partial charge in [0.25, 0.3) is 5.91 Å². The molecule has 1 aromatic carbocycles. The largest absolute Gasteiger partial charge is 0.340 e. The van der Waals surface area contributed by atoms with Gasteiger partial charge in [-0.25, -0.2) is 0 Å². The predicted octanol–water partition coefficient (Wildman–Crippen LogP) is 3.88. The van der Waals surface area contributed by atoms with Crippen LogP contribution in [0.25, 0.3) is 0 Å². The fourth-order valence-electron chi connectivity index (χ4n) is 1.45. The van der Waals surface area contributed by atoms with E-state index in [1.807, 2.05) is 31.2 Å². The molecular formula is C12H10Cl2N2O. The number of hydrogen-bond donors (Lipinski definition) is 2. The summed E-state index contributed by atoms with van der Waals surface area (Å²) in [6, 6.07) is 9.02. The average molecular weight is 269 g/mol. The van der Waals surface area contributed by atoms with E-state index >= 15 is 0 Å². The molecule has 0 aliphatic heterocycles. The summed E-state index contributed by atoms with van der Waals surface area (Å²) in [6.07, 6.45) is 0. The van der Waals surface area contributed by atoms with Crippen molar-refractivity contribution in [2.45, 2.75) is 6.92 Å². The molecule has 1 aromatic heterocycles. The Morgan fingerprint density at radius 1 is 1.29 bits per heavy atom. The minimum Gasteiger partial charge on any atom is -0.340 e. The number of rotatable bonds is 2. The summed E-state index contributed by atoms with van der Waals surface area (Å²) < 4.78 is 0. The average Bonchev–Trinajstić information content (AvgIpc) is 2.59. The zero-order valence-corrected chi connectivity index (χ0v) is 10.6. The lowest BCUT2D eigenvalue weighted by atomic mass is 10.2. The van der Waals surface area contributed by atoms with E-state index in [0.717, 1.165) is 11.3 Å². The molecule has 2 aromatic rings. The van der Waals surface area contributed by atoms with Gasteiger partial charge in [0.1, 0.15) is 10.8 Å². The maximum atomic E-state index is 11.8. The van der Waals surface area contributed by atoms with Gasteiger partial charge in [-0.2, -0.15) is 0 Å². The third kappa shape index (κ3) is 2.81. The molecule has 0 aliphatic carbocycles. The van der Waals surface area contributed by atoms with Crippen LogP contribution in [-0.4, -0.2) is 10.9 Å². The van der Waals surface area contributed by atoms with Gasteiger partial charge >= 0.3 is 0 Å². The van der Waals surface area contributed by atoms with Crippen molar-refractivity contribution in [3.05, 3.63) is 51.8 Å². The van der Waals surface area contributed by atoms with E-state index in [4.69, 9.17) is 23.2 Å². The van der Waals surface area contributed by atoms with Crippen molar-refractivity contribution in [1.29, 1.82) is 0 Å². The van der Waals surface area contributed by atoms with Crippen molar-refractivity contribution in [2.24, 2.45) is 0 Å². The van der Waals surface area contributed by atoms with Gasteiger partial charge in [0, 0.05) is 5.69 Å². The molecule has 0 fully saturated rings. The Kier molecular flexibility index (Phi) is 3.41. The molecule has 1 heterocycles. The van der Waals surface area contributed by atoms with E-state index in [2.05, 4.69) is 10.3 Å². The third-order valence-corrected chi connectivity index (χ3v) is 2.94. The Morgan fingerprint density at radius 2 is 2.06 bits per heavy atom. The van der Waals surface area contributed by atoms with E-state index in [1.54, 1.807) is 0 Å². The number of H-pyrrole nitrogens is 1. The molecule has 0 spiro atoms. The molecule has 88 valence electrons. The number of carbonyl (C=O) groups excluding carboxylic acids is 1. The molecule has 2 N–H and O–H groups in total. The van der Waals surface area contributed by atoms with Crippen molar-refractivity contribution in [1.82, 2.24) is 4.98 Å². The van der Waals surface area contributed by atoms with Crippen LogP contribution in [-0.2, 0) is 0 Å². The van der Waals surface area contributed by atoms with Crippen molar-refractivity contribution < 1.29 is 4.79 Å². The van der Waals surface area contributed by atoms with E-state index in [-0.39, 0.29) is 11.1 Å². The molecule has 0 unspecified atom stereocenters. The number of aryl methyl sites for hydroxylation is 1. The zero-order chi connectivity index (χ0) is 12.4. The molecule has 0 saturated carbocycles. The highest BCUT2D eigenvalue weighted by Crippen LogP contribution is 2.22. The van der Waals surface area contributed by atoms with Gasteiger partial charge in [0.05, 0.1) is 5.02 Å². The fourth-order valence-corrected chi connectivity index (χ4v) is 1.76. The maximum Gasteiger partial charge on any atom is 0.272 e. The predicted molar refractivity (Wildman–Crippen MR) is 69.9 cm³/mol. The maximum absolute atomic E-state index is 11.8. The number of amides is 1. The first-order valence-electron chi connectivity index (χ1n) is 4.98. The van der Waals surface area contributed by atoms with E-state index in [9.17, 15) is 4.79 Å². The van der Waals surface area contributed by atoms with Crippen LogP contribution in [0.5, 0.6) is 0 Å². The van der Waals surface area contributed by atoms with Crippen LogP contribution in [0.3, 0.4) is 0 Å². The zero-order valence-electron chi connectivity index (χ0n) is 9.05. The summed E-state index contributed by atoms with van der Waals surface area (Å²) in [5, 5.41) is 3.35. The van der Waals surface area contributed by atoms with Crippen LogP contribution >= 0.6 is 23.2 Å². The van der Waals surface area contributed by atoms with Crippen molar-refractivity contribution in [2.75, 3.05) is 5.32 Å². The van der Waals surface area contributed by atoms with Gasteiger partial charge in [-0.1, -0.05) is 35.3 Å². The number of anilines is 1. The lowest BCUT2D eigenvalue weighted by Crippen LogP contribution is -2.12. The topological polar surface area (TPSA) is 44.9 Å². The van der Waals surface area contributed by atoms with E-state index < -0.39 is 0 Å². The number of aromatic nitrogens is 1. The molecule has 0 saturated heterocycles. The Balaban J connectivity index is 2.17. The van der Waals surface area contributed by atoms with Crippen LogP contribution < -0.4 is 5.32 Å². The van der Waals surface area contributed by atoms with Crippen LogP contribution in [0.4, 0.5) is 5.69 Å². The van der Waals surface area contributed by atoms with Crippen LogP contribution in [0, 0.1) is 6.92 Å². The van der Waals surface area contributed by atoms with Gasteiger partial charge in [0.15, 0.2) is 0 Å². The summed E-state index contributed by atoms with van der Waals surface area (Å²) in [4.78, 5) is 14.5. The molecule has 1 amide bonds. The highest BCUT2D eigenvalue weighted by atomic mass is 35.5. The molecule has 5 heteroatoms. The van der Waals surface area contributed by atoms with Crippen molar-refractivity contribution >= 4 is 34.8 Å². The normalized spacial score (nSPS) is 10.3. The summed E-state index contributed by atoms with van der Waals surface area (Å²) in [5.41, 5.74) is 2.14. The first-order valence-corrected chi connectivity index (χ1v) is 5.74. The number of benzene rings is 1. The van der Waals surface area contributed by atoms with Crippen LogP contribution in [0.2, 0.25) is 10.2 Å². The molecule has 0 radical (unpaired) electrons. The van der Waals surface area contributed by atoms with Crippen molar-refractivity contribution in [3.8, 4) is 0 Å². The lowest BCUT2D eigenvalue weighted by Gasteiger charge is -2.04. The third-order valence-electron chi connectivity index (χ3n) is 2.25. The lowest BCUT2D eigenvalue weighted by molar-refractivity contribution is 0.102. The first kappa shape index (κ1) is 12.0. The monoisotopic (exact) mass is 268 g/mol. The minimum atomic E-state index is -0.274. The van der Waals surface area contributed by atoms with Gasteiger partial charge in [0.2, 0.25) is 0 Å². The summed E-state index contributed by atoms with van der Waals surface area (Å²) in [5.74, 6) is -0.274. The van der Waals surface area contributed by atoms with Gasteiger partial charge in [-0.05, 0) is 30.7 Å². The van der Waals surface area contributed by atoms with Crippen molar-refractivity contribution in [3.63, 3.8) is 0 Å². The minimum absolute atomic E-state index is 0.265. The van der Waals surface area contributed by atoms with E-state index in [1.165, 1.54) is 6.07 Å². The molecule has 0 bridgehead atoms. The molecular weight excluding hydrogens is 259 g/mol. The molecule has 0 aliphatic rings. The molecule has 0 atom stereocenters. The van der Waals surface area contributed by atoms with E-state index in [0.29, 0.717) is 10.7 Å². The van der Waals surface area contributed by atoms with Gasteiger partial charge in [-0.3, -0.25) is 4.79 Å². The molecule has 17 heavy (non-hydrogen) atoms. The second-order valence-corrected chi connectivity index (χ2v) is 4.45. The van der Waals surface area contributed by atoms with Gasteiger partial charge < -0.3 is 10.3 Å². The smallest absolute Gasteiger partial charge is 0.272 e. The Morgan fingerprint density at radius 3 is 2.65 bits per heavy atom. The number of halogens is 2. The van der Waals surface area contributed by atoms with Crippen LogP contribution in [0.15, 0.2) is 30.3 Å². The Labute approximate surface area is 109 Å². The standard InChI is InChI=1S/C12H10Cl2N2O/c1-7-3-2-4-8(5-7)15-12(17)10-6-9(13)11(14)16-10/h2-6,16H,1H3,(H,15,17). The first-order chi connectivity index (χ1) is 8.06. The van der Waals surface area contributed by atoms with Gasteiger partial charge in [-0.15, -0.1) is 0 Å². The molecule has 3 nitrogen and oxygen atoms in total. The highest BCUT2D eigenvalue weighted by molar-refractivity contribution is 6.41. The fraction of sp³-hybridized carbons (Fsp3) is 0.0833. The number of aromatic amines is 1.